The van der Waals surface area contributed by atoms with Gasteiger partial charge in [0, 0.05) is 23.8 Å². The quantitative estimate of drug-likeness (QED) is 0.775. The number of hydrogen-bond donors (Lipinski definition) is 1. The number of benzene rings is 2. The van der Waals surface area contributed by atoms with Crippen molar-refractivity contribution in [2.24, 2.45) is 0 Å². The van der Waals surface area contributed by atoms with Gasteiger partial charge in [-0.25, -0.2) is 4.79 Å². The standard InChI is InChI=1S/C18H18ClNO4/c1-24-18(23)16-8-3-2-5-13(16)12-20(10-9-17(21)22)15-7-4-6-14(19)11-15/h2-8,11H,9-10,12H2,1H3,(H,21,22). The van der Waals surface area contributed by atoms with Crippen molar-refractivity contribution in [1.82, 2.24) is 0 Å². The topological polar surface area (TPSA) is 66.8 Å². The minimum Gasteiger partial charge on any atom is -0.481 e. The highest BCUT2D eigenvalue weighted by atomic mass is 35.5. The minimum absolute atomic E-state index is 0.0209. The first-order chi connectivity index (χ1) is 11.5. The summed E-state index contributed by atoms with van der Waals surface area (Å²) in [6.07, 6.45) is -0.0209. The van der Waals surface area contributed by atoms with Gasteiger partial charge >= 0.3 is 11.9 Å². The average molecular weight is 348 g/mol. The summed E-state index contributed by atoms with van der Waals surface area (Å²) in [6, 6.07) is 14.3. The van der Waals surface area contributed by atoms with Crippen LogP contribution < -0.4 is 4.90 Å². The fraction of sp³-hybridized carbons (Fsp3) is 0.222. The van der Waals surface area contributed by atoms with Crippen molar-refractivity contribution in [2.45, 2.75) is 13.0 Å². The number of carboxylic acids is 1. The van der Waals surface area contributed by atoms with Gasteiger partial charge in [0.05, 0.1) is 19.1 Å². The molecule has 2 aromatic rings. The second-order valence-corrected chi connectivity index (χ2v) is 5.63. The Labute approximate surface area is 145 Å². The van der Waals surface area contributed by atoms with Crippen LogP contribution in [0.4, 0.5) is 5.69 Å². The first-order valence-corrected chi connectivity index (χ1v) is 7.77. The summed E-state index contributed by atoms with van der Waals surface area (Å²) in [7, 11) is 1.33. The number of rotatable bonds is 7. The molecule has 0 heterocycles. The normalized spacial score (nSPS) is 10.2. The van der Waals surface area contributed by atoms with Crippen LogP contribution in [0.25, 0.3) is 0 Å². The van der Waals surface area contributed by atoms with Gasteiger partial charge in [-0.15, -0.1) is 0 Å². The first-order valence-electron chi connectivity index (χ1n) is 7.40. The molecule has 1 N–H and O–H groups in total. The maximum absolute atomic E-state index is 11.9. The summed E-state index contributed by atoms with van der Waals surface area (Å²) in [5.41, 5.74) is 2.01. The van der Waals surface area contributed by atoms with Crippen molar-refractivity contribution < 1.29 is 19.4 Å². The summed E-state index contributed by atoms with van der Waals surface area (Å²) < 4.78 is 4.81. The summed E-state index contributed by atoms with van der Waals surface area (Å²) in [5.74, 6) is -1.31. The number of carboxylic acid groups (broad SMARTS) is 1. The third kappa shape index (κ3) is 4.73. The fourth-order valence-corrected chi connectivity index (χ4v) is 2.56. The molecule has 0 unspecified atom stereocenters. The number of carbonyl (C=O) groups is 2. The smallest absolute Gasteiger partial charge is 0.338 e. The number of ether oxygens (including phenoxy) is 1. The number of aliphatic carboxylic acids is 1. The Morgan fingerprint density at radius 3 is 2.58 bits per heavy atom. The number of esters is 1. The molecule has 0 aliphatic rings. The summed E-state index contributed by atoms with van der Waals surface area (Å²) in [6.45, 7) is 0.671. The van der Waals surface area contributed by atoms with Gasteiger partial charge in [-0.2, -0.15) is 0 Å². The Balaban J connectivity index is 2.32. The molecule has 0 saturated carbocycles. The SMILES string of the molecule is COC(=O)c1ccccc1CN(CCC(=O)O)c1cccc(Cl)c1. The lowest BCUT2D eigenvalue weighted by atomic mass is 10.1. The molecule has 24 heavy (non-hydrogen) atoms. The van der Waals surface area contributed by atoms with Crippen LogP contribution >= 0.6 is 11.6 Å². The Morgan fingerprint density at radius 1 is 1.17 bits per heavy atom. The molecule has 0 radical (unpaired) electrons. The van der Waals surface area contributed by atoms with Gasteiger partial charge < -0.3 is 14.7 Å². The number of carbonyl (C=O) groups excluding carboxylic acids is 1. The lowest BCUT2D eigenvalue weighted by Gasteiger charge is -2.25. The van der Waals surface area contributed by atoms with Crippen LogP contribution in [-0.4, -0.2) is 30.7 Å². The van der Waals surface area contributed by atoms with Gasteiger partial charge in [0.15, 0.2) is 0 Å². The van der Waals surface area contributed by atoms with Gasteiger partial charge in [-0.1, -0.05) is 35.9 Å². The van der Waals surface area contributed by atoms with E-state index in [1.807, 2.05) is 23.1 Å². The lowest BCUT2D eigenvalue weighted by molar-refractivity contribution is -0.136. The van der Waals surface area contributed by atoms with E-state index in [1.165, 1.54) is 7.11 Å². The number of anilines is 1. The highest BCUT2D eigenvalue weighted by Crippen LogP contribution is 2.23. The molecule has 0 aliphatic carbocycles. The highest BCUT2D eigenvalue weighted by Gasteiger charge is 2.16. The Bertz CT molecular complexity index is 732. The average Bonchev–Trinajstić information content (AvgIpc) is 2.58. The van der Waals surface area contributed by atoms with E-state index in [1.54, 1.807) is 30.3 Å². The predicted molar refractivity (Wildman–Crippen MR) is 92.5 cm³/mol. The second-order valence-electron chi connectivity index (χ2n) is 5.19. The molecule has 5 nitrogen and oxygen atoms in total. The third-order valence-corrected chi connectivity index (χ3v) is 3.79. The maximum Gasteiger partial charge on any atom is 0.338 e. The summed E-state index contributed by atoms with van der Waals surface area (Å²) >= 11 is 6.04. The molecule has 0 atom stereocenters. The zero-order valence-corrected chi connectivity index (χ0v) is 14.0. The Hall–Kier alpha value is -2.53. The van der Waals surface area contributed by atoms with Gasteiger partial charge in [-0.05, 0) is 29.8 Å². The predicted octanol–water partition coefficient (Wildman–Crippen LogP) is 3.61. The molecule has 0 bridgehead atoms. The van der Waals surface area contributed by atoms with Crippen LogP contribution in [0.2, 0.25) is 5.02 Å². The van der Waals surface area contributed by atoms with E-state index < -0.39 is 11.9 Å². The monoisotopic (exact) mass is 347 g/mol. The lowest BCUT2D eigenvalue weighted by Crippen LogP contribution is -2.26. The van der Waals surface area contributed by atoms with E-state index in [2.05, 4.69) is 0 Å². The Morgan fingerprint density at radius 2 is 1.92 bits per heavy atom. The molecule has 6 heteroatoms. The van der Waals surface area contributed by atoms with E-state index in [0.717, 1.165) is 11.3 Å². The van der Waals surface area contributed by atoms with Crippen LogP contribution in [0.1, 0.15) is 22.3 Å². The zero-order valence-electron chi connectivity index (χ0n) is 13.2. The largest absolute Gasteiger partial charge is 0.481 e. The second kappa shape index (κ2) is 8.36. The molecular weight excluding hydrogens is 330 g/mol. The van der Waals surface area contributed by atoms with E-state index in [0.29, 0.717) is 23.7 Å². The fourth-order valence-electron chi connectivity index (χ4n) is 2.38. The third-order valence-electron chi connectivity index (χ3n) is 3.55. The molecule has 2 aromatic carbocycles. The van der Waals surface area contributed by atoms with Crippen molar-refractivity contribution >= 4 is 29.2 Å². The molecule has 0 aliphatic heterocycles. The summed E-state index contributed by atoms with van der Waals surface area (Å²) in [4.78, 5) is 24.7. The molecular formula is C18H18ClNO4. The molecule has 0 saturated heterocycles. The Kier molecular flexibility index (Phi) is 6.21. The van der Waals surface area contributed by atoms with Crippen molar-refractivity contribution in [2.75, 3.05) is 18.6 Å². The molecule has 0 fully saturated rings. The van der Waals surface area contributed by atoms with Crippen molar-refractivity contribution in [1.29, 1.82) is 0 Å². The molecule has 0 amide bonds. The first kappa shape index (κ1) is 17.8. The minimum atomic E-state index is -0.886. The van der Waals surface area contributed by atoms with E-state index >= 15 is 0 Å². The van der Waals surface area contributed by atoms with Crippen LogP contribution in [0.5, 0.6) is 0 Å². The maximum atomic E-state index is 11.9. The summed E-state index contributed by atoms with van der Waals surface area (Å²) in [5, 5.41) is 9.55. The van der Waals surface area contributed by atoms with Crippen LogP contribution in [0.15, 0.2) is 48.5 Å². The molecule has 0 aromatic heterocycles. The van der Waals surface area contributed by atoms with Gasteiger partial charge in [0.25, 0.3) is 0 Å². The number of hydrogen-bond acceptors (Lipinski definition) is 4. The van der Waals surface area contributed by atoms with Gasteiger partial charge in [0.1, 0.15) is 0 Å². The van der Waals surface area contributed by atoms with Gasteiger partial charge in [-0.3, -0.25) is 4.79 Å². The highest BCUT2D eigenvalue weighted by molar-refractivity contribution is 6.30. The van der Waals surface area contributed by atoms with Crippen molar-refractivity contribution in [3.63, 3.8) is 0 Å². The molecule has 126 valence electrons. The molecule has 0 spiro atoms. The molecule has 2 rings (SSSR count). The van der Waals surface area contributed by atoms with E-state index in [9.17, 15) is 9.59 Å². The van der Waals surface area contributed by atoms with E-state index in [-0.39, 0.29) is 6.42 Å². The van der Waals surface area contributed by atoms with Crippen molar-refractivity contribution in [3.05, 3.63) is 64.7 Å². The van der Waals surface area contributed by atoms with Crippen LogP contribution in [0.3, 0.4) is 0 Å². The van der Waals surface area contributed by atoms with Crippen LogP contribution in [-0.2, 0) is 16.1 Å². The zero-order chi connectivity index (χ0) is 17.5. The number of nitrogens with zero attached hydrogens (tertiary/aromatic N) is 1. The van der Waals surface area contributed by atoms with Gasteiger partial charge in [0.2, 0.25) is 0 Å². The van der Waals surface area contributed by atoms with Crippen molar-refractivity contribution in [3.8, 4) is 0 Å². The van der Waals surface area contributed by atoms with Crippen LogP contribution in [0, 0.1) is 0 Å². The number of halogens is 1. The van der Waals surface area contributed by atoms with E-state index in [4.69, 9.17) is 21.4 Å². The number of methoxy groups -OCH3 is 1.